The zero-order valence-electron chi connectivity index (χ0n) is 16.7. The van der Waals surface area contributed by atoms with Gasteiger partial charge in [0.05, 0.1) is 9.85 Å². The second kappa shape index (κ2) is 9.15. The molecule has 0 radical (unpaired) electrons. The molecule has 1 aliphatic rings. The van der Waals surface area contributed by atoms with E-state index in [4.69, 9.17) is 0 Å². The second-order valence-electron chi connectivity index (χ2n) is 7.10. The number of non-ortho nitro benzene ring substituents is 2. The van der Waals surface area contributed by atoms with Crippen molar-refractivity contribution in [3.63, 3.8) is 0 Å². The molecular weight excluding hydrogens is 402 g/mol. The van der Waals surface area contributed by atoms with Gasteiger partial charge in [-0.05, 0) is 19.2 Å². The maximum Gasteiger partial charge on any atom is 0.270 e. The normalized spacial score (nSPS) is 14.7. The van der Waals surface area contributed by atoms with Gasteiger partial charge >= 0.3 is 0 Å². The summed E-state index contributed by atoms with van der Waals surface area (Å²) in [6, 6.07) is 11.3. The van der Waals surface area contributed by atoms with Crippen LogP contribution in [0.3, 0.4) is 0 Å². The third-order valence-corrected chi connectivity index (χ3v) is 5.05. The highest BCUT2D eigenvalue weighted by atomic mass is 16.6. The Balaban J connectivity index is 2.04. The lowest BCUT2D eigenvalue weighted by Crippen LogP contribution is -2.44. The molecule has 0 atom stereocenters. The molecule has 1 aliphatic heterocycles. The predicted molar refractivity (Wildman–Crippen MR) is 114 cm³/mol. The number of anilines is 1. The highest BCUT2D eigenvalue weighted by molar-refractivity contribution is 6.14. The summed E-state index contributed by atoms with van der Waals surface area (Å²) in [6.07, 6.45) is 1.31. The van der Waals surface area contributed by atoms with E-state index in [1.54, 1.807) is 6.07 Å². The van der Waals surface area contributed by atoms with E-state index < -0.39 is 15.6 Å². The molecule has 2 aromatic carbocycles. The smallest absolute Gasteiger partial charge is 0.270 e. The summed E-state index contributed by atoms with van der Waals surface area (Å²) in [5.41, 5.74) is 0.346. The van der Waals surface area contributed by atoms with Crippen molar-refractivity contribution >= 4 is 28.9 Å². The van der Waals surface area contributed by atoms with E-state index in [1.807, 2.05) is 18.0 Å². The van der Waals surface area contributed by atoms with Crippen LogP contribution in [0.2, 0.25) is 0 Å². The minimum absolute atomic E-state index is 0.00595. The summed E-state index contributed by atoms with van der Waals surface area (Å²) in [7, 11) is 2.00. The molecule has 10 heteroatoms. The summed E-state index contributed by atoms with van der Waals surface area (Å²) in [5, 5.41) is 31.8. The van der Waals surface area contributed by atoms with Gasteiger partial charge in [0, 0.05) is 67.3 Å². The quantitative estimate of drug-likeness (QED) is 0.228. The van der Waals surface area contributed by atoms with E-state index >= 15 is 0 Å². The number of piperazine rings is 1. The lowest BCUT2D eigenvalue weighted by Gasteiger charge is -2.34. The lowest BCUT2D eigenvalue weighted by molar-refractivity contribution is -0.385. The highest BCUT2D eigenvalue weighted by Gasteiger charge is 2.21. The number of carbonyl (C=O) groups is 1. The summed E-state index contributed by atoms with van der Waals surface area (Å²) < 4.78 is 0. The first-order valence-electron chi connectivity index (χ1n) is 9.43. The van der Waals surface area contributed by atoms with Gasteiger partial charge in [-0.2, -0.15) is 5.26 Å². The number of allylic oxidation sites excluding steroid dienone is 1. The molecule has 3 rings (SSSR count). The number of likely N-dealkylation sites (N-methyl/N-ethyl adjacent to an activating group) is 1. The number of benzene rings is 2. The summed E-state index contributed by atoms with van der Waals surface area (Å²) in [6.45, 7) is 2.99. The molecule has 1 heterocycles. The fourth-order valence-corrected chi connectivity index (χ4v) is 3.33. The molecule has 10 nitrogen and oxygen atoms in total. The van der Waals surface area contributed by atoms with E-state index in [9.17, 15) is 30.3 Å². The first-order valence-corrected chi connectivity index (χ1v) is 9.43. The van der Waals surface area contributed by atoms with Crippen LogP contribution in [0.15, 0.2) is 48.0 Å². The fraction of sp³-hybridized carbons (Fsp3) is 0.238. The maximum absolute atomic E-state index is 12.8. The molecule has 1 fully saturated rings. The largest absolute Gasteiger partial charge is 0.368 e. The number of hydrogen-bond acceptors (Lipinski definition) is 8. The molecule has 0 N–H and O–H groups in total. The van der Waals surface area contributed by atoms with Crippen LogP contribution < -0.4 is 4.90 Å². The topological polar surface area (TPSA) is 134 Å². The van der Waals surface area contributed by atoms with Gasteiger partial charge in [0.25, 0.3) is 11.4 Å². The molecule has 0 saturated carbocycles. The number of Topliss-reactive ketones (excluding diaryl/α,β-unsaturated/α-hetero) is 1. The number of rotatable bonds is 6. The second-order valence-corrected chi connectivity index (χ2v) is 7.10. The van der Waals surface area contributed by atoms with Crippen molar-refractivity contribution in [2.45, 2.75) is 0 Å². The van der Waals surface area contributed by atoms with E-state index in [0.717, 1.165) is 19.2 Å². The van der Waals surface area contributed by atoms with Crippen LogP contribution in [0.25, 0.3) is 6.08 Å². The first kappa shape index (κ1) is 21.6. The molecule has 2 aromatic rings. The number of ketones is 1. The van der Waals surface area contributed by atoms with Crippen molar-refractivity contribution in [1.82, 2.24) is 4.90 Å². The van der Waals surface area contributed by atoms with E-state index in [2.05, 4.69) is 4.90 Å². The third kappa shape index (κ3) is 4.91. The van der Waals surface area contributed by atoms with Gasteiger partial charge < -0.3 is 9.80 Å². The average molecular weight is 421 g/mol. The van der Waals surface area contributed by atoms with Crippen LogP contribution in [0.5, 0.6) is 0 Å². The Morgan fingerprint density at radius 1 is 1.03 bits per heavy atom. The van der Waals surface area contributed by atoms with Crippen molar-refractivity contribution in [1.29, 1.82) is 5.26 Å². The average Bonchev–Trinajstić information content (AvgIpc) is 2.77. The third-order valence-electron chi connectivity index (χ3n) is 5.05. The molecular formula is C21H19N5O5. The SMILES string of the molecule is CN1CCN(c2ccc([N+](=O)[O-])cc2/C=C(/C#N)C(=O)c2cccc([N+](=O)[O-])c2)CC1. The monoisotopic (exact) mass is 421 g/mol. The summed E-state index contributed by atoms with van der Waals surface area (Å²) in [5.74, 6) is -0.693. The molecule has 0 bridgehead atoms. The van der Waals surface area contributed by atoms with E-state index in [1.165, 1.54) is 36.4 Å². The van der Waals surface area contributed by atoms with Crippen molar-refractivity contribution in [3.8, 4) is 6.07 Å². The van der Waals surface area contributed by atoms with Gasteiger partial charge in [0.1, 0.15) is 11.6 Å². The van der Waals surface area contributed by atoms with Gasteiger partial charge in [0.15, 0.2) is 0 Å². The van der Waals surface area contributed by atoms with Crippen LogP contribution in [0, 0.1) is 31.6 Å². The Morgan fingerprint density at radius 2 is 1.68 bits per heavy atom. The molecule has 0 aromatic heterocycles. The fourth-order valence-electron chi connectivity index (χ4n) is 3.33. The number of nitrogens with zero attached hydrogens (tertiary/aromatic N) is 5. The highest BCUT2D eigenvalue weighted by Crippen LogP contribution is 2.29. The number of nitro benzene ring substituents is 2. The molecule has 0 unspecified atom stereocenters. The number of carbonyl (C=O) groups excluding carboxylic acids is 1. The maximum atomic E-state index is 12.8. The molecule has 31 heavy (non-hydrogen) atoms. The van der Waals surface area contributed by atoms with Gasteiger partial charge in [0.2, 0.25) is 5.78 Å². The number of nitriles is 1. The van der Waals surface area contributed by atoms with Crippen molar-refractivity contribution in [2.24, 2.45) is 0 Å². The Labute approximate surface area is 177 Å². The van der Waals surface area contributed by atoms with E-state index in [0.29, 0.717) is 24.3 Å². The summed E-state index contributed by atoms with van der Waals surface area (Å²) >= 11 is 0. The van der Waals surface area contributed by atoms with Gasteiger partial charge in [-0.15, -0.1) is 0 Å². The molecule has 158 valence electrons. The minimum Gasteiger partial charge on any atom is -0.368 e. The molecule has 0 amide bonds. The predicted octanol–water partition coefficient (Wildman–Crippen LogP) is 3.04. The van der Waals surface area contributed by atoms with Crippen LogP contribution in [-0.4, -0.2) is 53.8 Å². The number of nitro groups is 2. The molecule has 0 spiro atoms. The van der Waals surface area contributed by atoms with Crippen molar-refractivity contribution in [2.75, 3.05) is 38.1 Å². The van der Waals surface area contributed by atoms with Gasteiger partial charge in [-0.25, -0.2) is 0 Å². The molecule has 1 saturated heterocycles. The lowest BCUT2D eigenvalue weighted by atomic mass is 10.00. The van der Waals surface area contributed by atoms with Crippen LogP contribution in [0.1, 0.15) is 15.9 Å². The van der Waals surface area contributed by atoms with Gasteiger partial charge in [-0.3, -0.25) is 25.0 Å². The van der Waals surface area contributed by atoms with E-state index in [-0.39, 0.29) is 22.5 Å². The summed E-state index contributed by atoms with van der Waals surface area (Å²) in [4.78, 5) is 38.1. The van der Waals surface area contributed by atoms with Crippen LogP contribution >= 0.6 is 0 Å². The Bertz CT molecular complexity index is 1110. The Morgan fingerprint density at radius 3 is 2.29 bits per heavy atom. The van der Waals surface area contributed by atoms with Crippen LogP contribution in [0.4, 0.5) is 17.1 Å². The number of hydrogen-bond donors (Lipinski definition) is 0. The standard InChI is InChI=1S/C21H19N5O5/c1-23-7-9-24(10-8-23)20-6-5-19(26(30)31)13-16(20)11-17(14-22)21(27)15-3-2-4-18(12-15)25(28)29/h2-6,11-13H,7-10H2,1H3/b17-11-. The van der Waals surface area contributed by atoms with Gasteiger partial charge in [-0.1, -0.05) is 12.1 Å². The van der Waals surface area contributed by atoms with Crippen molar-refractivity contribution in [3.05, 3.63) is 79.4 Å². The zero-order chi connectivity index (χ0) is 22.5. The minimum atomic E-state index is -0.693. The van der Waals surface area contributed by atoms with Crippen LogP contribution in [-0.2, 0) is 0 Å². The Hall–Kier alpha value is -4.10. The zero-order valence-corrected chi connectivity index (χ0v) is 16.7. The van der Waals surface area contributed by atoms with Crippen molar-refractivity contribution < 1.29 is 14.6 Å². The Kier molecular flexibility index (Phi) is 6.37. The first-order chi connectivity index (χ1) is 14.8. The molecule has 0 aliphatic carbocycles.